The van der Waals surface area contributed by atoms with Crippen LogP contribution in [0.25, 0.3) is 0 Å². The Kier molecular flexibility index (Phi) is 5.34. The van der Waals surface area contributed by atoms with Crippen LogP contribution >= 0.6 is 15.9 Å². The van der Waals surface area contributed by atoms with Crippen LogP contribution in [0.4, 0.5) is 0 Å². The van der Waals surface area contributed by atoms with E-state index in [1.807, 2.05) is 31.2 Å². The van der Waals surface area contributed by atoms with Crippen molar-refractivity contribution < 1.29 is 8.42 Å². The molecule has 1 saturated heterocycles. The Balaban J connectivity index is 1.67. The molecule has 1 aromatic carbocycles. The van der Waals surface area contributed by atoms with E-state index in [1.54, 1.807) is 22.8 Å². The third kappa shape index (κ3) is 3.85. The molecule has 0 bridgehead atoms. The van der Waals surface area contributed by atoms with Gasteiger partial charge in [-0.05, 0) is 58.2 Å². The molecular formula is C17H20BrN3O2S. The number of hydrogen-bond donors (Lipinski definition) is 0. The Morgan fingerprint density at radius 1 is 1.08 bits per heavy atom. The summed E-state index contributed by atoms with van der Waals surface area (Å²) in [5, 5.41) is 0. The lowest BCUT2D eigenvalue weighted by Gasteiger charge is -2.34. The lowest BCUT2D eigenvalue weighted by atomic mass is 10.2. The van der Waals surface area contributed by atoms with Crippen LogP contribution in [-0.2, 0) is 16.6 Å². The van der Waals surface area contributed by atoms with E-state index in [4.69, 9.17) is 0 Å². The number of rotatable bonds is 4. The predicted octanol–water partition coefficient (Wildman–Crippen LogP) is 2.66. The van der Waals surface area contributed by atoms with Crippen molar-refractivity contribution in [1.82, 2.24) is 14.2 Å². The molecule has 5 nitrogen and oxygen atoms in total. The summed E-state index contributed by atoms with van der Waals surface area (Å²) >= 11 is 3.38. The van der Waals surface area contributed by atoms with Gasteiger partial charge in [-0.2, -0.15) is 4.31 Å². The van der Waals surface area contributed by atoms with Gasteiger partial charge in [-0.15, -0.1) is 0 Å². The topological polar surface area (TPSA) is 53.5 Å². The highest BCUT2D eigenvalue weighted by atomic mass is 79.9. The number of halogens is 1. The maximum atomic E-state index is 12.9. The predicted molar refractivity (Wildman–Crippen MR) is 97.2 cm³/mol. The molecule has 24 heavy (non-hydrogen) atoms. The Bertz CT molecular complexity index is 804. The van der Waals surface area contributed by atoms with Gasteiger partial charge in [-0.3, -0.25) is 9.88 Å². The summed E-state index contributed by atoms with van der Waals surface area (Å²) in [6, 6.07) is 9.33. The molecule has 0 radical (unpaired) electrons. The number of piperazine rings is 1. The number of hydrogen-bond acceptors (Lipinski definition) is 4. The van der Waals surface area contributed by atoms with Crippen LogP contribution in [0.1, 0.15) is 11.1 Å². The number of nitrogens with zero attached hydrogens (tertiary/aromatic N) is 3. The van der Waals surface area contributed by atoms with Crippen LogP contribution in [-0.4, -0.2) is 48.8 Å². The summed E-state index contributed by atoms with van der Waals surface area (Å²) in [5.41, 5.74) is 2.23. The summed E-state index contributed by atoms with van der Waals surface area (Å²) in [6.07, 6.45) is 3.57. The fourth-order valence-electron chi connectivity index (χ4n) is 2.83. The summed E-state index contributed by atoms with van der Waals surface area (Å²) in [5.74, 6) is 0. The molecule has 0 amide bonds. The van der Waals surface area contributed by atoms with E-state index >= 15 is 0 Å². The Hall–Kier alpha value is -1.28. The molecule has 0 spiro atoms. The standard InChI is InChI=1S/C17H20BrN3O2S/c1-14-2-3-17(16(18)12-14)24(22,23)21-10-8-20(9-11-21)13-15-4-6-19-7-5-15/h2-7,12H,8-11,13H2,1H3. The van der Waals surface area contributed by atoms with Crippen molar-refractivity contribution >= 4 is 26.0 Å². The quantitative estimate of drug-likeness (QED) is 0.778. The zero-order chi connectivity index (χ0) is 17.2. The van der Waals surface area contributed by atoms with Crippen molar-refractivity contribution in [2.24, 2.45) is 0 Å². The first kappa shape index (κ1) is 17.5. The highest BCUT2D eigenvalue weighted by Gasteiger charge is 2.29. The fraction of sp³-hybridized carbons (Fsp3) is 0.353. The van der Waals surface area contributed by atoms with Crippen molar-refractivity contribution in [3.05, 3.63) is 58.3 Å². The lowest BCUT2D eigenvalue weighted by molar-refractivity contribution is 0.181. The first-order valence-corrected chi connectivity index (χ1v) is 10.1. The number of sulfonamides is 1. The van der Waals surface area contributed by atoms with Crippen molar-refractivity contribution in [3.8, 4) is 0 Å². The molecular weight excluding hydrogens is 390 g/mol. The zero-order valence-electron chi connectivity index (χ0n) is 13.5. The minimum atomic E-state index is -3.46. The van der Waals surface area contributed by atoms with E-state index < -0.39 is 10.0 Å². The van der Waals surface area contributed by atoms with E-state index in [0.29, 0.717) is 22.5 Å². The maximum absolute atomic E-state index is 12.9. The second kappa shape index (κ2) is 7.31. The smallest absolute Gasteiger partial charge is 0.244 e. The highest BCUT2D eigenvalue weighted by Crippen LogP contribution is 2.26. The maximum Gasteiger partial charge on any atom is 0.244 e. The number of aromatic nitrogens is 1. The summed E-state index contributed by atoms with van der Waals surface area (Å²) in [4.78, 5) is 6.63. The normalized spacial score (nSPS) is 17.1. The molecule has 0 atom stereocenters. The lowest BCUT2D eigenvalue weighted by Crippen LogP contribution is -2.48. The highest BCUT2D eigenvalue weighted by molar-refractivity contribution is 9.10. The monoisotopic (exact) mass is 409 g/mol. The molecule has 1 aliphatic heterocycles. The summed E-state index contributed by atoms with van der Waals surface area (Å²) in [7, 11) is -3.46. The molecule has 3 rings (SSSR count). The number of pyridine rings is 1. The molecule has 2 heterocycles. The van der Waals surface area contributed by atoms with Crippen LogP contribution in [0.15, 0.2) is 52.1 Å². The first-order valence-electron chi connectivity index (χ1n) is 7.84. The van der Waals surface area contributed by atoms with Gasteiger partial charge in [0.1, 0.15) is 0 Å². The summed E-state index contributed by atoms with van der Waals surface area (Å²) in [6.45, 7) is 5.24. The van der Waals surface area contributed by atoms with E-state index in [9.17, 15) is 8.42 Å². The number of aryl methyl sites for hydroxylation is 1. The van der Waals surface area contributed by atoms with E-state index in [1.165, 1.54) is 5.56 Å². The van der Waals surface area contributed by atoms with Gasteiger partial charge in [-0.1, -0.05) is 6.07 Å². The van der Waals surface area contributed by atoms with E-state index in [2.05, 4.69) is 25.8 Å². The second-order valence-corrected chi connectivity index (χ2v) is 8.73. The van der Waals surface area contributed by atoms with Crippen LogP contribution in [0, 0.1) is 6.92 Å². The molecule has 1 fully saturated rings. The van der Waals surface area contributed by atoms with Gasteiger partial charge < -0.3 is 0 Å². The molecule has 0 saturated carbocycles. The minimum Gasteiger partial charge on any atom is -0.296 e. The zero-order valence-corrected chi connectivity index (χ0v) is 15.9. The van der Waals surface area contributed by atoms with Crippen molar-refractivity contribution in [3.63, 3.8) is 0 Å². The largest absolute Gasteiger partial charge is 0.296 e. The van der Waals surface area contributed by atoms with Crippen LogP contribution in [0.5, 0.6) is 0 Å². The molecule has 7 heteroatoms. The Labute approximate surface area is 151 Å². The first-order chi connectivity index (χ1) is 11.5. The number of benzene rings is 1. The van der Waals surface area contributed by atoms with Gasteiger partial charge in [-0.25, -0.2) is 8.42 Å². The van der Waals surface area contributed by atoms with Gasteiger partial charge >= 0.3 is 0 Å². The van der Waals surface area contributed by atoms with Crippen molar-refractivity contribution in [1.29, 1.82) is 0 Å². The summed E-state index contributed by atoms with van der Waals surface area (Å²) < 4.78 is 27.9. The Morgan fingerprint density at radius 3 is 2.38 bits per heavy atom. The van der Waals surface area contributed by atoms with Gasteiger partial charge in [0.25, 0.3) is 0 Å². The van der Waals surface area contributed by atoms with Gasteiger partial charge in [0.05, 0.1) is 4.90 Å². The minimum absolute atomic E-state index is 0.343. The Morgan fingerprint density at radius 2 is 1.75 bits per heavy atom. The molecule has 1 aliphatic rings. The SMILES string of the molecule is Cc1ccc(S(=O)(=O)N2CCN(Cc3ccncc3)CC2)c(Br)c1. The average molecular weight is 410 g/mol. The van der Waals surface area contributed by atoms with E-state index in [-0.39, 0.29) is 0 Å². The van der Waals surface area contributed by atoms with Gasteiger partial charge in [0, 0.05) is 49.6 Å². The third-order valence-corrected chi connectivity index (χ3v) is 7.07. The van der Waals surface area contributed by atoms with Gasteiger partial charge in [0.2, 0.25) is 10.0 Å². The van der Waals surface area contributed by atoms with Crippen LogP contribution in [0.2, 0.25) is 0 Å². The molecule has 2 aromatic rings. The van der Waals surface area contributed by atoms with Crippen molar-refractivity contribution in [2.45, 2.75) is 18.4 Å². The molecule has 0 unspecified atom stereocenters. The van der Waals surface area contributed by atoms with E-state index in [0.717, 1.165) is 25.2 Å². The third-order valence-electron chi connectivity index (χ3n) is 4.19. The average Bonchev–Trinajstić information content (AvgIpc) is 2.56. The van der Waals surface area contributed by atoms with Crippen LogP contribution in [0.3, 0.4) is 0 Å². The second-order valence-electron chi connectivity index (χ2n) is 5.97. The fourth-order valence-corrected chi connectivity index (χ4v) is 5.40. The molecule has 128 valence electrons. The molecule has 1 aromatic heterocycles. The van der Waals surface area contributed by atoms with Gasteiger partial charge in [0.15, 0.2) is 0 Å². The van der Waals surface area contributed by atoms with Crippen LogP contribution < -0.4 is 0 Å². The molecule has 0 N–H and O–H groups in total. The van der Waals surface area contributed by atoms with Crippen molar-refractivity contribution in [2.75, 3.05) is 26.2 Å². The molecule has 0 aliphatic carbocycles.